The van der Waals surface area contributed by atoms with Gasteiger partial charge in [0.15, 0.2) is 5.65 Å². The zero-order valence-electron chi connectivity index (χ0n) is 10.2. The number of benzene rings is 1. The van der Waals surface area contributed by atoms with Gasteiger partial charge in [0.1, 0.15) is 5.82 Å². The number of nitrogens with two attached hydrogens (primary N) is 2. The fraction of sp³-hybridized carbons (Fsp3) is 0.0833. The minimum Gasteiger partial charge on any atom is -0.397 e. The predicted octanol–water partition coefficient (Wildman–Crippen LogP) is 0.284. The molecule has 0 fully saturated rings. The van der Waals surface area contributed by atoms with E-state index in [0.717, 1.165) is 0 Å². The molecule has 96 valence electrons. The summed E-state index contributed by atoms with van der Waals surface area (Å²) < 4.78 is 2.80. The largest absolute Gasteiger partial charge is 0.397 e. The van der Waals surface area contributed by atoms with Crippen LogP contribution in [0.25, 0.3) is 16.7 Å². The van der Waals surface area contributed by atoms with Crippen LogP contribution in [0.4, 0.5) is 11.5 Å². The van der Waals surface area contributed by atoms with E-state index in [-0.39, 0.29) is 0 Å². The Balaban J connectivity index is 2.39. The van der Waals surface area contributed by atoms with Crippen molar-refractivity contribution in [3.05, 3.63) is 40.9 Å². The molecule has 0 atom stereocenters. The van der Waals surface area contributed by atoms with E-state index >= 15 is 0 Å². The van der Waals surface area contributed by atoms with Crippen LogP contribution in [0.5, 0.6) is 0 Å². The number of nitrogens with zero attached hydrogens (tertiary/aromatic N) is 4. The molecule has 0 radical (unpaired) electrons. The Bertz CT molecular complexity index is 832. The first-order valence-corrected chi connectivity index (χ1v) is 5.64. The molecule has 7 nitrogen and oxygen atoms in total. The van der Waals surface area contributed by atoms with E-state index in [1.54, 1.807) is 25.4 Å². The van der Waals surface area contributed by atoms with Gasteiger partial charge in [-0.2, -0.15) is 10.1 Å². The molecule has 7 heteroatoms. The minimum absolute atomic E-state index is 0.329. The molecule has 3 aromatic rings. The number of hydrogen-bond acceptors (Lipinski definition) is 5. The predicted molar refractivity (Wildman–Crippen MR) is 72.9 cm³/mol. The van der Waals surface area contributed by atoms with Crippen LogP contribution in [0.2, 0.25) is 0 Å². The normalized spacial score (nSPS) is 11.0. The van der Waals surface area contributed by atoms with E-state index in [1.165, 1.54) is 9.25 Å². The van der Waals surface area contributed by atoms with Crippen molar-refractivity contribution in [1.29, 1.82) is 0 Å². The summed E-state index contributed by atoms with van der Waals surface area (Å²) in [6.45, 7) is 0. The molecule has 0 spiro atoms. The Morgan fingerprint density at radius 3 is 2.68 bits per heavy atom. The molecule has 0 aliphatic carbocycles. The highest BCUT2D eigenvalue weighted by Crippen LogP contribution is 2.22. The van der Waals surface area contributed by atoms with Crippen molar-refractivity contribution in [2.45, 2.75) is 0 Å². The van der Waals surface area contributed by atoms with E-state index < -0.39 is 5.69 Å². The van der Waals surface area contributed by atoms with Crippen molar-refractivity contribution in [3.63, 3.8) is 0 Å². The van der Waals surface area contributed by atoms with Gasteiger partial charge >= 0.3 is 5.69 Å². The van der Waals surface area contributed by atoms with Crippen molar-refractivity contribution >= 4 is 22.5 Å². The first-order chi connectivity index (χ1) is 9.09. The zero-order valence-corrected chi connectivity index (χ0v) is 10.2. The van der Waals surface area contributed by atoms with Gasteiger partial charge in [0.2, 0.25) is 0 Å². The van der Waals surface area contributed by atoms with E-state index in [9.17, 15) is 4.79 Å². The number of hydrogen-bond donors (Lipinski definition) is 2. The van der Waals surface area contributed by atoms with E-state index in [2.05, 4.69) is 10.1 Å². The number of anilines is 2. The van der Waals surface area contributed by atoms with Gasteiger partial charge in [0, 0.05) is 7.05 Å². The summed E-state index contributed by atoms with van der Waals surface area (Å²) in [7, 11) is 1.57. The molecule has 0 aliphatic rings. The second kappa shape index (κ2) is 3.84. The molecule has 19 heavy (non-hydrogen) atoms. The smallest absolute Gasteiger partial charge is 0.350 e. The van der Waals surface area contributed by atoms with Gasteiger partial charge in [-0.05, 0) is 12.1 Å². The highest BCUT2D eigenvalue weighted by Gasteiger charge is 2.13. The molecule has 0 amide bonds. The molecular weight excluding hydrogens is 244 g/mol. The number of fused-ring (bicyclic) bond motifs is 1. The lowest BCUT2D eigenvalue weighted by Crippen LogP contribution is -2.23. The molecule has 0 aliphatic heterocycles. The first kappa shape index (κ1) is 11.3. The molecule has 1 aromatic carbocycles. The van der Waals surface area contributed by atoms with Gasteiger partial charge in [-0.25, -0.2) is 9.48 Å². The third-order valence-corrected chi connectivity index (χ3v) is 3.03. The lowest BCUT2D eigenvalue weighted by Gasteiger charge is -2.07. The van der Waals surface area contributed by atoms with Crippen LogP contribution in [-0.2, 0) is 7.05 Å². The standard InChI is InChI=1S/C12H12N6O/c1-17-10(14)7-6-15-18(11(7)16-12(17)19)9-5-3-2-4-8(9)13/h2-6H,13-14H2,1H3. The van der Waals surface area contributed by atoms with Gasteiger partial charge in [-0.3, -0.25) is 4.57 Å². The summed E-state index contributed by atoms with van der Waals surface area (Å²) in [5.41, 5.74) is 13.0. The molecule has 4 N–H and O–H groups in total. The zero-order chi connectivity index (χ0) is 13.6. The SMILES string of the molecule is Cn1c(N)c2cnn(-c3ccccc3N)c2nc1=O. The monoisotopic (exact) mass is 256 g/mol. The van der Waals surface area contributed by atoms with Crippen LogP contribution < -0.4 is 17.2 Å². The molecule has 2 aromatic heterocycles. The number of para-hydroxylation sites is 2. The Morgan fingerprint density at radius 1 is 1.21 bits per heavy atom. The van der Waals surface area contributed by atoms with Gasteiger partial charge < -0.3 is 11.5 Å². The summed E-state index contributed by atoms with van der Waals surface area (Å²) in [6.07, 6.45) is 1.57. The minimum atomic E-state index is -0.429. The first-order valence-electron chi connectivity index (χ1n) is 5.64. The average Bonchev–Trinajstić information content (AvgIpc) is 2.80. The lowest BCUT2D eigenvalue weighted by atomic mass is 10.3. The molecule has 0 saturated carbocycles. The molecule has 2 heterocycles. The molecule has 0 saturated heterocycles. The summed E-state index contributed by atoms with van der Waals surface area (Å²) >= 11 is 0. The Hall–Kier alpha value is -2.83. The van der Waals surface area contributed by atoms with E-state index in [0.29, 0.717) is 28.2 Å². The Kier molecular flexibility index (Phi) is 2.28. The quantitative estimate of drug-likeness (QED) is 0.608. The second-order valence-corrected chi connectivity index (χ2v) is 4.19. The van der Waals surface area contributed by atoms with Crippen LogP contribution in [0.1, 0.15) is 0 Å². The van der Waals surface area contributed by atoms with Crippen LogP contribution >= 0.6 is 0 Å². The summed E-state index contributed by atoms with van der Waals surface area (Å²) in [6, 6.07) is 7.22. The number of aromatic nitrogens is 4. The van der Waals surface area contributed by atoms with E-state index in [1.807, 2.05) is 12.1 Å². The third-order valence-electron chi connectivity index (χ3n) is 3.03. The third kappa shape index (κ3) is 1.55. The van der Waals surface area contributed by atoms with Gasteiger partial charge in [-0.1, -0.05) is 12.1 Å². The fourth-order valence-corrected chi connectivity index (χ4v) is 1.94. The summed E-state index contributed by atoms with van der Waals surface area (Å²) in [5, 5.41) is 4.83. The maximum absolute atomic E-state index is 11.7. The van der Waals surface area contributed by atoms with E-state index in [4.69, 9.17) is 11.5 Å². The van der Waals surface area contributed by atoms with Crippen LogP contribution in [0.15, 0.2) is 35.3 Å². The number of nitrogen functional groups attached to an aromatic ring is 2. The molecule has 0 unspecified atom stereocenters. The summed E-state index contributed by atoms with van der Waals surface area (Å²) in [5.74, 6) is 0.329. The van der Waals surface area contributed by atoms with Crippen LogP contribution in [0.3, 0.4) is 0 Å². The van der Waals surface area contributed by atoms with Crippen molar-refractivity contribution in [2.24, 2.45) is 7.05 Å². The van der Waals surface area contributed by atoms with Gasteiger partial charge in [0.25, 0.3) is 0 Å². The van der Waals surface area contributed by atoms with Crippen molar-refractivity contribution in [3.8, 4) is 5.69 Å². The van der Waals surface area contributed by atoms with Crippen molar-refractivity contribution < 1.29 is 0 Å². The van der Waals surface area contributed by atoms with Crippen LogP contribution in [0, 0.1) is 0 Å². The average molecular weight is 256 g/mol. The van der Waals surface area contributed by atoms with Gasteiger partial charge in [-0.15, -0.1) is 0 Å². The van der Waals surface area contributed by atoms with Gasteiger partial charge in [0.05, 0.1) is 23.0 Å². The number of rotatable bonds is 1. The van der Waals surface area contributed by atoms with Crippen LogP contribution in [-0.4, -0.2) is 19.3 Å². The Labute approximate surface area is 108 Å². The molecule has 3 rings (SSSR count). The van der Waals surface area contributed by atoms with Crippen molar-refractivity contribution in [1.82, 2.24) is 19.3 Å². The second-order valence-electron chi connectivity index (χ2n) is 4.19. The summed E-state index contributed by atoms with van der Waals surface area (Å²) in [4.78, 5) is 15.7. The van der Waals surface area contributed by atoms with Crippen molar-refractivity contribution in [2.75, 3.05) is 11.5 Å². The lowest BCUT2D eigenvalue weighted by molar-refractivity contribution is 0.824. The highest BCUT2D eigenvalue weighted by molar-refractivity contribution is 5.86. The topological polar surface area (TPSA) is 105 Å². The molecule has 0 bridgehead atoms. The fourth-order valence-electron chi connectivity index (χ4n) is 1.94. The molecular formula is C12H12N6O. The highest BCUT2D eigenvalue weighted by atomic mass is 16.1. The maximum atomic E-state index is 11.7. The maximum Gasteiger partial charge on any atom is 0.350 e. The Morgan fingerprint density at radius 2 is 1.95 bits per heavy atom.